The molecule has 1 aromatic heterocycles. The van der Waals surface area contributed by atoms with Gasteiger partial charge in [-0.2, -0.15) is 0 Å². The Balaban J connectivity index is 1.68. The Morgan fingerprint density at radius 2 is 1.54 bits per heavy atom. The molecule has 1 nitrogen and oxygen atoms in total. The number of rotatable bonds is 2. The van der Waals surface area contributed by atoms with Crippen LogP contribution in [0.5, 0.6) is 0 Å². The van der Waals surface area contributed by atoms with Gasteiger partial charge in [0.15, 0.2) is 0 Å². The summed E-state index contributed by atoms with van der Waals surface area (Å²) in [5, 5.41) is 1.37. The molecular weight excluding hydrogens is 314 g/mol. The fraction of sp³-hybridized carbons (Fsp3) is 0.120. The van der Waals surface area contributed by atoms with E-state index in [0.717, 1.165) is 6.42 Å². The third kappa shape index (κ3) is 2.40. The third-order valence-electron chi connectivity index (χ3n) is 5.45. The SMILES string of the molecule is Cc1ccc(C2C=Cc3c(c4ccccc4n3-c3ccccc3)C2)cc1. The zero-order valence-corrected chi connectivity index (χ0v) is 14.9. The minimum atomic E-state index is 0.443. The number of allylic oxidation sites excluding steroid dienone is 1. The lowest BCUT2D eigenvalue weighted by Gasteiger charge is -2.19. The molecule has 1 aliphatic carbocycles. The summed E-state index contributed by atoms with van der Waals surface area (Å²) in [7, 11) is 0. The summed E-state index contributed by atoms with van der Waals surface area (Å²) >= 11 is 0. The second-order valence-electron chi connectivity index (χ2n) is 7.13. The Morgan fingerprint density at radius 3 is 2.35 bits per heavy atom. The van der Waals surface area contributed by atoms with Gasteiger partial charge in [-0.05, 0) is 48.7 Å². The summed E-state index contributed by atoms with van der Waals surface area (Å²) in [6.45, 7) is 2.14. The van der Waals surface area contributed by atoms with Crippen LogP contribution in [0.25, 0.3) is 22.7 Å². The van der Waals surface area contributed by atoms with Gasteiger partial charge in [0.1, 0.15) is 0 Å². The number of aryl methyl sites for hydroxylation is 1. The average Bonchev–Trinajstić information content (AvgIpc) is 3.03. The van der Waals surface area contributed by atoms with Gasteiger partial charge < -0.3 is 4.57 Å². The molecule has 0 radical (unpaired) electrons. The molecule has 0 saturated heterocycles. The molecule has 0 amide bonds. The largest absolute Gasteiger partial charge is 0.310 e. The number of fused-ring (bicyclic) bond motifs is 3. The second-order valence-corrected chi connectivity index (χ2v) is 7.13. The van der Waals surface area contributed by atoms with Crippen molar-refractivity contribution in [2.45, 2.75) is 19.3 Å². The standard InChI is InChI=1S/C25H21N/c1-18-11-13-19(14-12-18)20-15-16-25-23(17-20)22-9-5-6-10-24(22)26(25)21-7-3-2-4-8-21/h2-16,20H,17H2,1H3. The maximum Gasteiger partial charge on any atom is 0.0537 e. The van der Waals surface area contributed by atoms with Crippen molar-refractivity contribution in [2.75, 3.05) is 0 Å². The van der Waals surface area contributed by atoms with E-state index >= 15 is 0 Å². The highest BCUT2D eigenvalue weighted by Gasteiger charge is 2.23. The molecule has 4 aromatic rings. The molecule has 1 heteroatoms. The van der Waals surface area contributed by atoms with Crippen LogP contribution < -0.4 is 0 Å². The van der Waals surface area contributed by atoms with Crippen molar-refractivity contribution >= 4 is 17.0 Å². The zero-order chi connectivity index (χ0) is 17.5. The van der Waals surface area contributed by atoms with Gasteiger partial charge in [0.05, 0.1) is 5.52 Å². The third-order valence-corrected chi connectivity index (χ3v) is 5.45. The molecule has 1 heterocycles. The van der Waals surface area contributed by atoms with E-state index < -0.39 is 0 Å². The van der Waals surface area contributed by atoms with E-state index in [9.17, 15) is 0 Å². The topological polar surface area (TPSA) is 4.93 Å². The molecule has 1 aliphatic rings. The Hall–Kier alpha value is -3.06. The zero-order valence-electron chi connectivity index (χ0n) is 14.9. The molecule has 0 fully saturated rings. The van der Waals surface area contributed by atoms with E-state index in [1.54, 1.807) is 0 Å². The molecule has 1 atom stereocenters. The van der Waals surface area contributed by atoms with Crippen molar-refractivity contribution in [2.24, 2.45) is 0 Å². The van der Waals surface area contributed by atoms with Gasteiger partial charge >= 0.3 is 0 Å². The van der Waals surface area contributed by atoms with Gasteiger partial charge in [0, 0.05) is 22.7 Å². The summed E-state index contributed by atoms with van der Waals surface area (Å²) in [5.74, 6) is 0.443. The van der Waals surface area contributed by atoms with Crippen LogP contribution in [0.1, 0.15) is 28.3 Å². The summed E-state index contributed by atoms with van der Waals surface area (Å²) in [6.07, 6.45) is 5.73. The second kappa shape index (κ2) is 6.03. The van der Waals surface area contributed by atoms with E-state index in [0.29, 0.717) is 5.92 Å². The van der Waals surface area contributed by atoms with E-state index in [-0.39, 0.29) is 0 Å². The summed E-state index contributed by atoms with van der Waals surface area (Å²) in [5.41, 5.74) is 8.00. The fourth-order valence-corrected chi connectivity index (χ4v) is 4.11. The fourth-order valence-electron chi connectivity index (χ4n) is 4.11. The van der Waals surface area contributed by atoms with Crippen molar-refractivity contribution in [3.63, 3.8) is 0 Å². The minimum Gasteiger partial charge on any atom is -0.310 e. The lowest BCUT2D eigenvalue weighted by molar-refractivity contribution is 0.825. The first-order chi connectivity index (χ1) is 12.8. The number of benzene rings is 3. The normalized spacial score (nSPS) is 16.0. The molecule has 1 unspecified atom stereocenters. The van der Waals surface area contributed by atoms with Crippen molar-refractivity contribution in [1.29, 1.82) is 0 Å². The minimum absolute atomic E-state index is 0.443. The van der Waals surface area contributed by atoms with Crippen molar-refractivity contribution in [3.05, 3.63) is 107 Å². The van der Waals surface area contributed by atoms with Gasteiger partial charge in [-0.3, -0.25) is 0 Å². The molecule has 126 valence electrons. The quantitative estimate of drug-likeness (QED) is 0.405. The van der Waals surface area contributed by atoms with E-state index in [1.807, 2.05) is 0 Å². The Kier molecular flexibility index (Phi) is 3.53. The lowest BCUT2D eigenvalue weighted by Crippen LogP contribution is -2.07. The van der Waals surface area contributed by atoms with Crippen LogP contribution in [0, 0.1) is 6.92 Å². The number of para-hydroxylation sites is 2. The number of nitrogens with zero attached hydrogens (tertiary/aromatic N) is 1. The molecule has 5 rings (SSSR count). The molecule has 0 saturated carbocycles. The molecule has 26 heavy (non-hydrogen) atoms. The highest BCUT2D eigenvalue weighted by Crippen LogP contribution is 2.38. The van der Waals surface area contributed by atoms with Gasteiger partial charge in [-0.1, -0.05) is 72.3 Å². The van der Waals surface area contributed by atoms with Crippen LogP contribution in [0.4, 0.5) is 0 Å². The van der Waals surface area contributed by atoms with Crippen molar-refractivity contribution in [3.8, 4) is 5.69 Å². The van der Waals surface area contributed by atoms with Crippen LogP contribution in [-0.4, -0.2) is 4.57 Å². The predicted octanol–water partition coefficient (Wildman–Crippen LogP) is 6.29. The first-order valence-corrected chi connectivity index (χ1v) is 9.24. The number of hydrogen-bond acceptors (Lipinski definition) is 0. The molecule has 3 aromatic carbocycles. The highest BCUT2D eigenvalue weighted by atomic mass is 15.0. The van der Waals surface area contributed by atoms with E-state index in [2.05, 4.69) is 103 Å². The number of hydrogen-bond donors (Lipinski definition) is 0. The average molecular weight is 335 g/mol. The predicted molar refractivity (Wildman–Crippen MR) is 110 cm³/mol. The van der Waals surface area contributed by atoms with Crippen LogP contribution in [0.3, 0.4) is 0 Å². The summed E-state index contributed by atoms with van der Waals surface area (Å²) in [6, 6.07) is 28.4. The Bertz CT molecular complexity index is 1100. The van der Waals surface area contributed by atoms with Crippen LogP contribution >= 0.6 is 0 Å². The first-order valence-electron chi connectivity index (χ1n) is 9.24. The van der Waals surface area contributed by atoms with Gasteiger partial charge in [0.25, 0.3) is 0 Å². The van der Waals surface area contributed by atoms with Gasteiger partial charge in [-0.25, -0.2) is 0 Å². The Morgan fingerprint density at radius 1 is 0.808 bits per heavy atom. The summed E-state index contributed by atoms with van der Waals surface area (Å²) in [4.78, 5) is 0. The number of aromatic nitrogens is 1. The molecule has 0 N–H and O–H groups in total. The first kappa shape index (κ1) is 15.2. The maximum absolute atomic E-state index is 2.40. The summed E-state index contributed by atoms with van der Waals surface area (Å²) < 4.78 is 2.40. The monoisotopic (exact) mass is 335 g/mol. The smallest absolute Gasteiger partial charge is 0.0537 e. The molecule has 0 bridgehead atoms. The highest BCUT2D eigenvalue weighted by molar-refractivity contribution is 5.91. The van der Waals surface area contributed by atoms with Crippen molar-refractivity contribution in [1.82, 2.24) is 4.57 Å². The van der Waals surface area contributed by atoms with Crippen LogP contribution in [0.2, 0.25) is 0 Å². The Labute approximate surface area is 154 Å². The van der Waals surface area contributed by atoms with E-state index in [4.69, 9.17) is 0 Å². The van der Waals surface area contributed by atoms with Gasteiger partial charge in [0.2, 0.25) is 0 Å². The van der Waals surface area contributed by atoms with Crippen LogP contribution in [0.15, 0.2) is 84.9 Å². The van der Waals surface area contributed by atoms with Crippen molar-refractivity contribution < 1.29 is 0 Å². The molecular formula is C25H21N. The molecule has 0 aliphatic heterocycles. The maximum atomic E-state index is 2.40. The van der Waals surface area contributed by atoms with E-state index in [1.165, 1.54) is 39.0 Å². The molecule has 0 spiro atoms. The van der Waals surface area contributed by atoms with Gasteiger partial charge in [-0.15, -0.1) is 0 Å². The lowest BCUT2D eigenvalue weighted by atomic mass is 9.86. The van der Waals surface area contributed by atoms with Crippen LogP contribution in [-0.2, 0) is 6.42 Å².